The first-order chi connectivity index (χ1) is 12.2. The molecule has 136 valence electrons. The van der Waals surface area contributed by atoms with E-state index in [-0.39, 0.29) is 10.4 Å². The van der Waals surface area contributed by atoms with Gasteiger partial charge in [-0.1, -0.05) is 0 Å². The molecule has 26 heavy (non-hydrogen) atoms. The minimum Gasteiger partial charge on any atom is -0.495 e. The number of benzene rings is 2. The van der Waals surface area contributed by atoms with Crippen molar-refractivity contribution in [1.29, 1.82) is 0 Å². The first kappa shape index (κ1) is 18.2. The lowest BCUT2D eigenvalue weighted by Gasteiger charge is -2.13. The Morgan fingerprint density at radius 2 is 1.65 bits per heavy atom. The molecule has 0 spiro atoms. The largest absolute Gasteiger partial charge is 0.495 e. The summed E-state index contributed by atoms with van der Waals surface area (Å²) in [6, 6.07) is 7.58. The number of ether oxygens (including phenoxy) is 1. The number of hydrogen-bond acceptors (Lipinski definition) is 5. The van der Waals surface area contributed by atoms with Crippen LogP contribution >= 0.6 is 15.9 Å². The van der Waals surface area contributed by atoms with Gasteiger partial charge in [0.05, 0.1) is 33.2 Å². The van der Waals surface area contributed by atoms with E-state index in [0.717, 1.165) is 0 Å². The maximum atomic E-state index is 12.8. The van der Waals surface area contributed by atoms with E-state index in [2.05, 4.69) is 30.6 Å². The topological polar surface area (TPSA) is 121 Å². The highest BCUT2D eigenvalue weighted by atomic mass is 79.9. The molecule has 1 aromatic heterocycles. The van der Waals surface area contributed by atoms with Gasteiger partial charge in [0.25, 0.3) is 10.0 Å². The molecule has 0 amide bonds. The summed E-state index contributed by atoms with van der Waals surface area (Å²) in [5, 5.41) is 0. The molecule has 3 rings (SSSR count). The Bertz CT molecular complexity index is 1230. The standard InChI is InChI=1S/C16H14BrN3O5S/c1-8-5-11-12(19-16(22)15(21)18-11)7-14(8)26(23,24)20-9-3-4-10(17)13(6-9)25-2/h3-7,20H,1-2H3,(H,18,21)(H,19,22). The molecule has 0 unspecified atom stereocenters. The van der Waals surface area contributed by atoms with Crippen LogP contribution in [-0.2, 0) is 10.0 Å². The second-order valence-electron chi connectivity index (χ2n) is 5.53. The number of rotatable bonds is 4. The highest BCUT2D eigenvalue weighted by molar-refractivity contribution is 9.10. The van der Waals surface area contributed by atoms with E-state index in [1.807, 2.05) is 0 Å². The monoisotopic (exact) mass is 439 g/mol. The number of aromatic nitrogens is 2. The molecule has 3 N–H and O–H groups in total. The first-order valence-electron chi connectivity index (χ1n) is 7.34. The predicted octanol–water partition coefficient (Wildman–Crippen LogP) is 2.10. The third-order valence-electron chi connectivity index (χ3n) is 3.71. The number of anilines is 1. The highest BCUT2D eigenvalue weighted by Gasteiger charge is 2.19. The molecule has 0 aliphatic heterocycles. The predicted molar refractivity (Wildman–Crippen MR) is 101 cm³/mol. The average Bonchev–Trinajstić information content (AvgIpc) is 2.57. The third-order valence-corrected chi connectivity index (χ3v) is 5.89. The lowest BCUT2D eigenvalue weighted by atomic mass is 10.2. The Morgan fingerprint density at radius 3 is 2.27 bits per heavy atom. The fourth-order valence-corrected chi connectivity index (χ4v) is 4.19. The van der Waals surface area contributed by atoms with Crippen LogP contribution in [0.25, 0.3) is 11.0 Å². The van der Waals surface area contributed by atoms with Gasteiger partial charge in [0.2, 0.25) is 0 Å². The van der Waals surface area contributed by atoms with Crippen LogP contribution in [0.5, 0.6) is 5.75 Å². The van der Waals surface area contributed by atoms with Crippen molar-refractivity contribution in [3.63, 3.8) is 0 Å². The highest BCUT2D eigenvalue weighted by Crippen LogP contribution is 2.29. The SMILES string of the molecule is COc1cc(NS(=O)(=O)c2cc3[nH]c(=O)c(=O)[nH]c3cc2C)ccc1Br. The number of sulfonamides is 1. The van der Waals surface area contributed by atoms with E-state index in [1.165, 1.54) is 25.3 Å². The molecule has 0 aliphatic rings. The van der Waals surface area contributed by atoms with E-state index in [9.17, 15) is 18.0 Å². The van der Waals surface area contributed by atoms with E-state index in [1.54, 1.807) is 19.1 Å². The van der Waals surface area contributed by atoms with Crippen molar-refractivity contribution in [3.05, 3.63) is 61.1 Å². The quantitative estimate of drug-likeness (QED) is 0.537. The van der Waals surface area contributed by atoms with Crippen molar-refractivity contribution in [2.45, 2.75) is 11.8 Å². The molecule has 0 fully saturated rings. The van der Waals surface area contributed by atoms with Gasteiger partial charge in [-0.2, -0.15) is 0 Å². The van der Waals surface area contributed by atoms with Gasteiger partial charge in [0, 0.05) is 6.07 Å². The number of H-pyrrole nitrogens is 2. The molecular formula is C16H14BrN3O5S. The second kappa shape index (κ2) is 6.61. The maximum absolute atomic E-state index is 12.8. The summed E-state index contributed by atoms with van der Waals surface area (Å²) in [6.45, 7) is 1.60. The zero-order chi connectivity index (χ0) is 19.1. The van der Waals surface area contributed by atoms with E-state index < -0.39 is 21.1 Å². The zero-order valence-corrected chi connectivity index (χ0v) is 16.1. The summed E-state index contributed by atoms with van der Waals surface area (Å²) in [5.74, 6) is 0.474. The lowest BCUT2D eigenvalue weighted by molar-refractivity contribution is 0.412. The van der Waals surface area contributed by atoms with E-state index in [0.29, 0.717) is 27.0 Å². The number of nitrogens with one attached hydrogen (secondary N) is 3. The van der Waals surface area contributed by atoms with Crippen LogP contribution in [0.3, 0.4) is 0 Å². The van der Waals surface area contributed by atoms with Gasteiger partial charge in [-0.15, -0.1) is 0 Å². The number of fused-ring (bicyclic) bond motifs is 1. The van der Waals surface area contributed by atoms with Gasteiger partial charge in [-0.3, -0.25) is 14.3 Å². The molecule has 0 aliphatic carbocycles. The van der Waals surface area contributed by atoms with Gasteiger partial charge >= 0.3 is 11.1 Å². The summed E-state index contributed by atoms with van der Waals surface area (Å²) in [7, 11) is -2.46. The summed E-state index contributed by atoms with van der Waals surface area (Å²) in [5.41, 5.74) is -0.357. The van der Waals surface area contributed by atoms with Crippen LogP contribution in [-0.4, -0.2) is 25.5 Å². The smallest absolute Gasteiger partial charge is 0.314 e. The van der Waals surface area contributed by atoms with Gasteiger partial charge in [-0.25, -0.2) is 8.42 Å². The third kappa shape index (κ3) is 3.37. The number of halogens is 1. The Morgan fingerprint density at radius 1 is 1.04 bits per heavy atom. The van der Waals surface area contributed by atoms with E-state index in [4.69, 9.17) is 4.74 Å². The minimum absolute atomic E-state index is 0.0189. The maximum Gasteiger partial charge on any atom is 0.314 e. The normalized spacial score (nSPS) is 11.5. The van der Waals surface area contributed by atoms with Crippen LogP contribution in [0.1, 0.15) is 5.56 Å². The molecule has 0 saturated carbocycles. The summed E-state index contributed by atoms with van der Waals surface area (Å²) >= 11 is 3.30. The molecule has 0 bridgehead atoms. The Hall–Kier alpha value is -2.59. The number of aryl methyl sites for hydroxylation is 1. The second-order valence-corrected chi connectivity index (χ2v) is 8.03. The van der Waals surface area contributed by atoms with Gasteiger partial charge < -0.3 is 14.7 Å². The van der Waals surface area contributed by atoms with Crippen molar-refractivity contribution >= 4 is 42.7 Å². The number of aromatic amines is 2. The van der Waals surface area contributed by atoms with Crippen molar-refractivity contribution in [2.75, 3.05) is 11.8 Å². The zero-order valence-electron chi connectivity index (χ0n) is 13.7. The van der Waals surface area contributed by atoms with Crippen LogP contribution in [0.15, 0.2) is 49.3 Å². The van der Waals surface area contributed by atoms with Gasteiger partial charge in [0.15, 0.2) is 0 Å². The summed E-state index contributed by atoms with van der Waals surface area (Å²) in [4.78, 5) is 27.7. The first-order valence-corrected chi connectivity index (χ1v) is 9.62. The van der Waals surface area contributed by atoms with Crippen molar-refractivity contribution < 1.29 is 13.2 Å². The fourth-order valence-electron chi connectivity index (χ4n) is 2.48. The summed E-state index contributed by atoms with van der Waals surface area (Å²) < 4.78 is 33.9. The lowest BCUT2D eigenvalue weighted by Crippen LogP contribution is -2.29. The van der Waals surface area contributed by atoms with Gasteiger partial charge in [-0.05, 0) is 52.7 Å². The van der Waals surface area contributed by atoms with Crippen molar-refractivity contribution in [3.8, 4) is 5.75 Å². The molecule has 0 radical (unpaired) electrons. The van der Waals surface area contributed by atoms with Crippen LogP contribution in [0.2, 0.25) is 0 Å². The molecular weight excluding hydrogens is 426 g/mol. The van der Waals surface area contributed by atoms with Crippen LogP contribution in [0, 0.1) is 6.92 Å². The molecule has 0 atom stereocenters. The number of methoxy groups -OCH3 is 1. The summed E-state index contributed by atoms with van der Waals surface area (Å²) in [6.07, 6.45) is 0. The average molecular weight is 440 g/mol. The molecule has 2 aromatic carbocycles. The van der Waals surface area contributed by atoms with Gasteiger partial charge in [0.1, 0.15) is 5.75 Å². The van der Waals surface area contributed by atoms with Crippen molar-refractivity contribution in [1.82, 2.24) is 9.97 Å². The van der Waals surface area contributed by atoms with Crippen molar-refractivity contribution in [2.24, 2.45) is 0 Å². The Labute approximate surface area is 156 Å². The number of hydrogen-bond donors (Lipinski definition) is 3. The minimum atomic E-state index is -3.93. The molecule has 1 heterocycles. The fraction of sp³-hybridized carbons (Fsp3) is 0.125. The molecule has 0 saturated heterocycles. The molecule has 3 aromatic rings. The molecule has 10 heteroatoms. The van der Waals surface area contributed by atoms with Crippen LogP contribution < -0.4 is 20.6 Å². The van der Waals surface area contributed by atoms with E-state index >= 15 is 0 Å². The Kier molecular flexibility index (Phi) is 4.63. The molecule has 8 nitrogen and oxygen atoms in total. The van der Waals surface area contributed by atoms with Crippen LogP contribution in [0.4, 0.5) is 5.69 Å². The Balaban J connectivity index is 2.09.